The van der Waals surface area contributed by atoms with E-state index in [4.69, 9.17) is 16.7 Å². The number of aromatic amines is 1. The highest BCUT2D eigenvalue weighted by atomic mass is 35.5. The van der Waals surface area contributed by atoms with Crippen LogP contribution in [0, 0.1) is 0 Å². The van der Waals surface area contributed by atoms with Crippen molar-refractivity contribution in [2.75, 3.05) is 0 Å². The van der Waals surface area contributed by atoms with E-state index in [-0.39, 0.29) is 11.0 Å². The number of carboxylic acids is 1. The number of H-pyrrole nitrogens is 1. The molecule has 4 nitrogen and oxygen atoms in total. The van der Waals surface area contributed by atoms with E-state index in [1.165, 1.54) is 0 Å². The summed E-state index contributed by atoms with van der Waals surface area (Å²) >= 11 is 5.46. The van der Waals surface area contributed by atoms with E-state index in [1.54, 1.807) is 0 Å². The smallest absolute Gasteiger partial charge is 0.417 e. The molecule has 0 saturated carbocycles. The Balaban J connectivity index is 2.68. The third-order valence-corrected chi connectivity index (χ3v) is 2.39. The molecule has 0 saturated heterocycles. The van der Waals surface area contributed by atoms with E-state index in [0.717, 1.165) is 12.1 Å². The first-order valence-corrected chi connectivity index (χ1v) is 4.66. The van der Waals surface area contributed by atoms with Crippen LogP contribution < -0.4 is 0 Å². The number of hydrogen-bond donors (Lipinski definition) is 2. The first-order chi connectivity index (χ1) is 7.79. The monoisotopic (exact) mass is 264 g/mol. The molecule has 2 N–H and O–H groups in total. The molecule has 0 atom stereocenters. The highest BCUT2D eigenvalue weighted by molar-refractivity contribution is 6.32. The number of nitrogens with one attached hydrogen (secondary N) is 1. The molecule has 0 bridgehead atoms. The molecule has 1 aromatic carbocycles. The van der Waals surface area contributed by atoms with Crippen molar-refractivity contribution in [2.24, 2.45) is 0 Å². The average molecular weight is 265 g/mol. The van der Waals surface area contributed by atoms with E-state index in [2.05, 4.69) is 9.97 Å². The van der Waals surface area contributed by atoms with Crippen LogP contribution in [-0.4, -0.2) is 21.0 Å². The first-order valence-electron chi connectivity index (χ1n) is 4.29. The number of halogens is 4. The SMILES string of the molecule is O=C(O)c1nc2cc(Cl)c(C(F)(F)F)cc2[nH]1. The van der Waals surface area contributed by atoms with E-state index in [1.807, 2.05) is 0 Å². The summed E-state index contributed by atoms with van der Waals surface area (Å²) < 4.78 is 37.5. The van der Waals surface area contributed by atoms with Crippen molar-refractivity contribution in [3.63, 3.8) is 0 Å². The molecular weight excluding hydrogens is 261 g/mol. The molecule has 0 unspecified atom stereocenters. The van der Waals surface area contributed by atoms with Crippen LogP contribution in [0.3, 0.4) is 0 Å². The van der Waals surface area contributed by atoms with Gasteiger partial charge in [-0.1, -0.05) is 11.6 Å². The molecule has 90 valence electrons. The summed E-state index contributed by atoms with van der Waals surface area (Å²) in [5.74, 6) is -1.79. The summed E-state index contributed by atoms with van der Waals surface area (Å²) in [4.78, 5) is 16.4. The Morgan fingerprint density at radius 3 is 2.59 bits per heavy atom. The maximum Gasteiger partial charge on any atom is 0.417 e. The van der Waals surface area contributed by atoms with Gasteiger partial charge in [-0.25, -0.2) is 9.78 Å². The van der Waals surface area contributed by atoms with Crippen LogP contribution >= 0.6 is 11.6 Å². The molecule has 0 aliphatic heterocycles. The number of aromatic nitrogens is 2. The molecule has 0 spiro atoms. The number of imidazole rings is 1. The number of aromatic carboxylic acids is 1. The van der Waals surface area contributed by atoms with Crippen molar-refractivity contribution in [2.45, 2.75) is 6.18 Å². The maximum absolute atomic E-state index is 12.5. The van der Waals surface area contributed by atoms with Crippen LogP contribution in [0.25, 0.3) is 11.0 Å². The molecule has 0 aliphatic carbocycles. The van der Waals surface area contributed by atoms with Gasteiger partial charge in [0.2, 0.25) is 5.82 Å². The van der Waals surface area contributed by atoms with Gasteiger partial charge in [-0.15, -0.1) is 0 Å². The molecule has 1 heterocycles. The van der Waals surface area contributed by atoms with Gasteiger partial charge in [-0.3, -0.25) is 0 Å². The lowest BCUT2D eigenvalue weighted by Gasteiger charge is -2.07. The van der Waals surface area contributed by atoms with Crippen molar-refractivity contribution in [3.8, 4) is 0 Å². The second-order valence-corrected chi connectivity index (χ2v) is 3.64. The third-order valence-electron chi connectivity index (χ3n) is 2.08. The minimum Gasteiger partial charge on any atom is -0.475 e. The van der Waals surface area contributed by atoms with Gasteiger partial charge < -0.3 is 10.1 Å². The lowest BCUT2D eigenvalue weighted by Crippen LogP contribution is -2.05. The van der Waals surface area contributed by atoms with Crippen molar-refractivity contribution < 1.29 is 23.1 Å². The minimum atomic E-state index is -4.60. The molecule has 0 amide bonds. The van der Waals surface area contributed by atoms with E-state index in [0.29, 0.717) is 0 Å². The van der Waals surface area contributed by atoms with Gasteiger partial charge in [-0.05, 0) is 12.1 Å². The van der Waals surface area contributed by atoms with Crippen LogP contribution in [0.4, 0.5) is 13.2 Å². The van der Waals surface area contributed by atoms with Gasteiger partial charge in [0.25, 0.3) is 0 Å². The molecular formula is C9H4ClF3N2O2. The first kappa shape index (κ1) is 11.7. The summed E-state index contributed by atoms with van der Waals surface area (Å²) in [6, 6.07) is 1.71. The van der Waals surface area contributed by atoms with E-state index in [9.17, 15) is 18.0 Å². The number of hydrogen-bond acceptors (Lipinski definition) is 2. The lowest BCUT2D eigenvalue weighted by molar-refractivity contribution is -0.137. The zero-order valence-electron chi connectivity index (χ0n) is 7.97. The summed E-state index contributed by atoms with van der Waals surface area (Å²) in [5, 5.41) is 8.12. The van der Waals surface area contributed by atoms with Crippen LogP contribution in [0.15, 0.2) is 12.1 Å². The van der Waals surface area contributed by atoms with Gasteiger partial charge in [0.05, 0.1) is 21.6 Å². The highest BCUT2D eigenvalue weighted by Gasteiger charge is 2.33. The predicted octanol–water partition coefficient (Wildman–Crippen LogP) is 2.93. The van der Waals surface area contributed by atoms with Gasteiger partial charge in [0.15, 0.2) is 0 Å². The summed E-state index contributed by atoms with van der Waals surface area (Å²) in [6.45, 7) is 0. The fourth-order valence-electron chi connectivity index (χ4n) is 1.35. The number of fused-ring (bicyclic) bond motifs is 1. The zero-order chi connectivity index (χ0) is 12.8. The van der Waals surface area contributed by atoms with Crippen LogP contribution in [-0.2, 0) is 6.18 Å². The quantitative estimate of drug-likeness (QED) is 0.832. The Labute approximate surface area is 97.0 Å². The summed E-state index contributed by atoms with van der Waals surface area (Å²) in [5.41, 5.74) is -0.994. The van der Waals surface area contributed by atoms with E-state index < -0.39 is 28.6 Å². The third kappa shape index (κ3) is 2.05. The number of carbonyl (C=O) groups is 1. The Hall–Kier alpha value is -1.76. The van der Waals surface area contributed by atoms with Gasteiger partial charge in [0, 0.05) is 0 Å². The molecule has 2 aromatic rings. The Morgan fingerprint density at radius 1 is 1.41 bits per heavy atom. The van der Waals surface area contributed by atoms with Crippen molar-refractivity contribution >= 4 is 28.6 Å². The Kier molecular flexibility index (Phi) is 2.50. The molecule has 1 aromatic heterocycles. The molecule has 8 heteroatoms. The summed E-state index contributed by atoms with van der Waals surface area (Å²) in [6.07, 6.45) is -4.60. The van der Waals surface area contributed by atoms with Gasteiger partial charge in [-0.2, -0.15) is 13.2 Å². The van der Waals surface area contributed by atoms with Crippen molar-refractivity contribution in [3.05, 3.63) is 28.5 Å². The fraction of sp³-hybridized carbons (Fsp3) is 0.111. The molecule has 0 fully saturated rings. The van der Waals surface area contributed by atoms with Crippen molar-refractivity contribution in [1.29, 1.82) is 0 Å². The summed E-state index contributed by atoms with van der Waals surface area (Å²) in [7, 11) is 0. The standard InChI is InChI=1S/C9H4ClF3N2O2/c10-4-2-6-5(1-3(4)9(11,12)13)14-7(15-6)8(16)17/h1-2H,(H,14,15)(H,16,17). The largest absolute Gasteiger partial charge is 0.475 e. The Morgan fingerprint density at radius 2 is 2.06 bits per heavy atom. The second kappa shape index (κ2) is 3.63. The fourth-order valence-corrected chi connectivity index (χ4v) is 1.61. The van der Waals surface area contributed by atoms with Crippen LogP contribution in [0.1, 0.15) is 16.2 Å². The molecule has 17 heavy (non-hydrogen) atoms. The minimum absolute atomic E-state index is 0.0286. The van der Waals surface area contributed by atoms with Crippen LogP contribution in [0.2, 0.25) is 5.02 Å². The Bertz CT molecular complexity index is 606. The zero-order valence-corrected chi connectivity index (χ0v) is 8.73. The number of nitrogens with zero attached hydrogens (tertiary/aromatic N) is 1. The number of carboxylic acid groups (broad SMARTS) is 1. The molecule has 0 radical (unpaired) electrons. The highest BCUT2D eigenvalue weighted by Crippen LogP contribution is 2.36. The molecule has 2 rings (SSSR count). The lowest BCUT2D eigenvalue weighted by atomic mass is 10.2. The van der Waals surface area contributed by atoms with E-state index >= 15 is 0 Å². The number of benzene rings is 1. The van der Waals surface area contributed by atoms with Crippen molar-refractivity contribution in [1.82, 2.24) is 9.97 Å². The molecule has 0 aliphatic rings. The van der Waals surface area contributed by atoms with Gasteiger partial charge >= 0.3 is 12.1 Å². The van der Waals surface area contributed by atoms with Crippen LogP contribution in [0.5, 0.6) is 0 Å². The van der Waals surface area contributed by atoms with Gasteiger partial charge in [0.1, 0.15) is 0 Å². The average Bonchev–Trinajstić information content (AvgIpc) is 2.57. The topological polar surface area (TPSA) is 66.0 Å². The second-order valence-electron chi connectivity index (χ2n) is 3.24. The predicted molar refractivity (Wildman–Crippen MR) is 53.1 cm³/mol. The number of alkyl halides is 3. The number of rotatable bonds is 1. The maximum atomic E-state index is 12.5. The normalized spacial score (nSPS) is 12.0.